The van der Waals surface area contributed by atoms with E-state index < -0.39 is 0 Å². The van der Waals surface area contributed by atoms with Gasteiger partial charge in [0.1, 0.15) is 6.34 Å². The van der Waals surface area contributed by atoms with E-state index in [1.54, 1.807) is 5.94 Å². The molecule has 1 aliphatic rings. The van der Waals surface area contributed by atoms with Gasteiger partial charge in [0, 0.05) is 0 Å². The third kappa shape index (κ3) is 0.586. The molecule has 4 nitrogen and oxygen atoms in total. The Morgan fingerprint density at radius 2 is 2.71 bits per heavy atom. The van der Waals surface area contributed by atoms with Crippen LogP contribution in [0.2, 0.25) is 0 Å². The Kier molecular flexibility index (Phi) is 0.805. The summed E-state index contributed by atoms with van der Waals surface area (Å²) in [7, 11) is 0. The molecule has 1 rings (SSSR count). The zero-order chi connectivity index (χ0) is 5.11. The van der Waals surface area contributed by atoms with Crippen molar-refractivity contribution in [2.75, 3.05) is 0 Å². The van der Waals surface area contributed by atoms with Crippen molar-refractivity contribution in [2.24, 2.45) is 4.99 Å². The van der Waals surface area contributed by atoms with Crippen LogP contribution in [0.4, 0.5) is 0 Å². The molecule has 0 aliphatic carbocycles. The van der Waals surface area contributed by atoms with Crippen LogP contribution < -0.4 is 10.9 Å². The highest BCUT2D eigenvalue weighted by atomic mass is 16.1. The van der Waals surface area contributed by atoms with Gasteiger partial charge in [0.05, 0.1) is 0 Å². The molecule has 0 spiro atoms. The summed E-state index contributed by atoms with van der Waals surface area (Å²) in [5.41, 5.74) is 4.91. The topological polar surface area (TPSA) is 53.5 Å². The van der Waals surface area contributed by atoms with Gasteiger partial charge in [-0.1, -0.05) is 0 Å². The molecule has 7 heavy (non-hydrogen) atoms. The Bertz CT molecular complexity index is 144. The number of hydrazine groups is 1. The predicted octanol–water partition coefficient (Wildman–Crippen LogP) is -1.20. The van der Waals surface area contributed by atoms with Crippen molar-refractivity contribution in [3.63, 3.8) is 0 Å². The highest BCUT2D eigenvalue weighted by Gasteiger charge is 1.94. The second-order valence-electron chi connectivity index (χ2n) is 0.978. The van der Waals surface area contributed by atoms with Gasteiger partial charge in [-0.2, -0.15) is 0 Å². The summed E-state index contributed by atoms with van der Waals surface area (Å²) in [6.07, 6.45) is 1.38. The standard InChI is InChI=1S/C3H3N3O/c7-1-3-4-2-5-6-3/h2,6H,(H,4,5). The summed E-state index contributed by atoms with van der Waals surface area (Å²) in [6.45, 7) is 0. The molecule has 0 saturated carbocycles. The third-order valence-electron chi connectivity index (χ3n) is 0.545. The molecule has 0 amide bonds. The van der Waals surface area contributed by atoms with E-state index in [0.717, 1.165) is 0 Å². The second-order valence-corrected chi connectivity index (χ2v) is 0.978. The van der Waals surface area contributed by atoms with Gasteiger partial charge >= 0.3 is 0 Å². The lowest BCUT2D eigenvalue weighted by Gasteiger charge is -1.85. The van der Waals surface area contributed by atoms with Crippen LogP contribution in [0.3, 0.4) is 0 Å². The quantitative estimate of drug-likeness (QED) is 0.373. The SMILES string of the molecule is O=C=C1N=CNN1. The monoisotopic (exact) mass is 97.0 g/mol. The number of carbonyl (C=O) groups excluding carboxylic acids is 1. The van der Waals surface area contributed by atoms with Crippen LogP contribution in [0, 0.1) is 0 Å². The van der Waals surface area contributed by atoms with E-state index >= 15 is 0 Å². The molecule has 2 N–H and O–H groups in total. The van der Waals surface area contributed by atoms with E-state index in [-0.39, 0.29) is 5.82 Å². The Hall–Kier alpha value is -1.28. The second kappa shape index (κ2) is 1.45. The molecule has 0 fully saturated rings. The molecule has 1 heterocycles. The van der Waals surface area contributed by atoms with Crippen molar-refractivity contribution in [1.82, 2.24) is 10.9 Å². The van der Waals surface area contributed by atoms with Gasteiger partial charge in [0.15, 0.2) is 5.94 Å². The predicted molar refractivity (Wildman–Crippen MR) is 24.0 cm³/mol. The van der Waals surface area contributed by atoms with Gasteiger partial charge in [-0.15, -0.1) is 0 Å². The van der Waals surface area contributed by atoms with Gasteiger partial charge in [0.25, 0.3) is 0 Å². The maximum atomic E-state index is 9.63. The molecule has 0 aromatic heterocycles. The molecule has 0 radical (unpaired) electrons. The zero-order valence-corrected chi connectivity index (χ0v) is 3.43. The van der Waals surface area contributed by atoms with E-state index in [2.05, 4.69) is 15.8 Å². The van der Waals surface area contributed by atoms with Crippen LogP contribution in [0.15, 0.2) is 10.8 Å². The average Bonchev–Trinajstić information content (AvgIpc) is 2.14. The molecule has 1 aliphatic heterocycles. The van der Waals surface area contributed by atoms with Crippen LogP contribution in [-0.4, -0.2) is 12.3 Å². The molecule has 0 atom stereocenters. The molecule has 0 unspecified atom stereocenters. The van der Waals surface area contributed by atoms with Crippen LogP contribution >= 0.6 is 0 Å². The highest BCUT2D eigenvalue weighted by Crippen LogP contribution is 1.81. The fraction of sp³-hybridized carbons (Fsp3) is 0. The van der Waals surface area contributed by atoms with Crippen molar-refractivity contribution in [3.05, 3.63) is 5.82 Å². The minimum absolute atomic E-state index is 0.194. The Balaban J connectivity index is 2.77. The summed E-state index contributed by atoms with van der Waals surface area (Å²) in [4.78, 5) is 13.1. The number of nitrogens with zero attached hydrogens (tertiary/aromatic N) is 1. The largest absolute Gasteiger partial charge is 0.288 e. The van der Waals surface area contributed by atoms with Crippen LogP contribution in [-0.2, 0) is 4.79 Å². The molecule has 0 bridgehead atoms. The Morgan fingerprint density at radius 3 is 3.00 bits per heavy atom. The summed E-state index contributed by atoms with van der Waals surface area (Å²) >= 11 is 0. The summed E-state index contributed by atoms with van der Waals surface area (Å²) in [5.74, 6) is 1.75. The lowest BCUT2D eigenvalue weighted by Crippen LogP contribution is -2.21. The van der Waals surface area contributed by atoms with Gasteiger partial charge in [-0.05, 0) is 0 Å². The van der Waals surface area contributed by atoms with Crippen molar-refractivity contribution >= 4 is 12.3 Å². The van der Waals surface area contributed by atoms with E-state index in [1.165, 1.54) is 6.34 Å². The Morgan fingerprint density at radius 1 is 1.86 bits per heavy atom. The summed E-state index contributed by atoms with van der Waals surface area (Å²) in [6, 6.07) is 0. The normalized spacial score (nSPS) is 15.1. The maximum absolute atomic E-state index is 9.63. The van der Waals surface area contributed by atoms with Crippen LogP contribution in [0.1, 0.15) is 0 Å². The van der Waals surface area contributed by atoms with Crippen LogP contribution in [0.25, 0.3) is 0 Å². The minimum atomic E-state index is 0.194. The van der Waals surface area contributed by atoms with E-state index in [1.807, 2.05) is 0 Å². The van der Waals surface area contributed by atoms with E-state index in [9.17, 15) is 4.79 Å². The molecule has 4 heteroatoms. The van der Waals surface area contributed by atoms with Crippen molar-refractivity contribution in [3.8, 4) is 0 Å². The van der Waals surface area contributed by atoms with Crippen molar-refractivity contribution in [2.45, 2.75) is 0 Å². The summed E-state index contributed by atoms with van der Waals surface area (Å²) < 4.78 is 0. The number of hydrogen-bond donors (Lipinski definition) is 2. The third-order valence-corrected chi connectivity index (χ3v) is 0.545. The Labute approximate surface area is 39.9 Å². The number of aliphatic imine (C=N–C) groups is 1. The lowest BCUT2D eigenvalue weighted by atomic mass is 10.9. The summed E-state index contributed by atoms with van der Waals surface area (Å²) in [5, 5.41) is 0. The number of nitrogens with one attached hydrogen (secondary N) is 2. The van der Waals surface area contributed by atoms with E-state index in [4.69, 9.17) is 0 Å². The van der Waals surface area contributed by atoms with Crippen molar-refractivity contribution in [1.29, 1.82) is 0 Å². The van der Waals surface area contributed by atoms with Crippen LogP contribution in [0.5, 0.6) is 0 Å². The first-order valence-electron chi connectivity index (χ1n) is 1.72. The molecule has 0 aromatic rings. The average molecular weight is 97.1 g/mol. The van der Waals surface area contributed by atoms with Crippen molar-refractivity contribution < 1.29 is 4.79 Å². The van der Waals surface area contributed by atoms with Gasteiger partial charge < -0.3 is 0 Å². The lowest BCUT2D eigenvalue weighted by molar-refractivity contribution is 0.564. The molecule has 36 valence electrons. The molecule has 0 aromatic carbocycles. The molecular formula is C3H3N3O. The number of hydrogen-bond acceptors (Lipinski definition) is 4. The van der Waals surface area contributed by atoms with E-state index in [0.29, 0.717) is 0 Å². The zero-order valence-electron chi connectivity index (χ0n) is 3.43. The fourth-order valence-corrected chi connectivity index (χ4v) is 0.282. The highest BCUT2D eigenvalue weighted by molar-refractivity contribution is 5.65. The van der Waals surface area contributed by atoms with Gasteiger partial charge in [0.2, 0.25) is 5.82 Å². The number of rotatable bonds is 0. The first-order valence-corrected chi connectivity index (χ1v) is 1.72. The smallest absolute Gasteiger partial charge is 0.232 e. The minimum Gasteiger partial charge on any atom is -0.288 e. The first-order chi connectivity index (χ1) is 3.43. The fourth-order valence-electron chi connectivity index (χ4n) is 0.282. The van der Waals surface area contributed by atoms with Gasteiger partial charge in [-0.3, -0.25) is 10.9 Å². The van der Waals surface area contributed by atoms with Gasteiger partial charge in [-0.25, -0.2) is 9.79 Å². The maximum Gasteiger partial charge on any atom is 0.232 e. The first kappa shape index (κ1) is 3.89. The molecular weight excluding hydrogens is 94.1 g/mol. The molecule has 0 saturated heterocycles.